The fourth-order valence-electron chi connectivity index (χ4n) is 0.0909. The molecular weight excluding hydrogens is 101 g/mol. The fourth-order valence-corrected chi connectivity index (χ4v) is 0.0909. The molecule has 3 heteroatoms. The number of allylic oxidation sites excluding steroid dienone is 2. The summed E-state index contributed by atoms with van der Waals surface area (Å²) in [5.41, 5.74) is 0. The smallest absolute Gasteiger partial charge is 0.875 e. The number of nitriles is 1. The van der Waals surface area contributed by atoms with Gasteiger partial charge in [-0.05, 0) is 0 Å². The molecule has 0 saturated carbocycles. The summed E-state index contributed by atoms with van der Waals surface area (Å²) in [5.74, 6) is -0.197. The first-order valence-corrected chi connectivity index (χ1v) is 1.51. The van der Waals surface area contributed by atoms with Crippen LogP contribution in [-0.2, 0) is 0 Å². The van der Waals surface area contributed by atoms with Crippen molar-refractivity contribution in [2.24, 2.45) is 0 Å². The number of nitrogens with zero attached hydrogens (tertiary/aromatic N) is 1. The molecule has 0 aliphatic heterocycles. The van der Waals surface area contributed by atoms with E-state index in [2.05, 4.69) is 0 Å². The van der Waals surface area contributed by atoms with Crippen LogP contribution in [0.3, 0.4) is 0 Å². The molecular formula is C4H4NNaO. The Hall–Kier alpha value is 0.0300. The zero-order valence-electron chi connectivity index (χ0n) is 4.43. The van der Waals surface area contributed by atoms with Crippen molar-refractivity contribution in [3.63, 3.8) is 0 Å². The van der Waals surface area contributed by atoms with Crippen molar-refractivity contribution in [1.29, 1.82) is 5.26 Å². The second kappa shape index (κ2) is 6.03. The molecule has 0 heterocycles. The largest absolute Gasteiger partial charge is 1.00 e. The predicted molar refractivity (Wildman–Crippen MR) is 19.4 cm³/mol. The Kier molecular flexibility index (Phi) is 8.70. The third-order valence-corrected chi connectivity index (χ3v) is 0.268. The van der Waals surface area contributed by atoms with Gasteiger partial charge in [0.1, 0.15) is 0 Å². The molecule has 0 aromatic carbocycles. The van der Waals surface area contributed by atoms with E-state index in [4.69, 9.17) is 5.26 Å². The first-order chi connectivity index (χ1) is 2.77. The Balaban J connectivity index is 0. The average Bonchev–Trinajstić information content (AvgIpc) is 1.35. The van der Waals surface area contributed by atoms with E-state index < -0.39 is 0 Å². The number of hydrogen-bond donors (Lipinski definition) is 0. The van der Waals surface area contributed by atoms with E-state index in [1.54, 1.807) is 6.07 Å². The van der Waals surface area contributed by atoms with E-state index in [0.717, 1.165) is 6.08 Å². The molecule has 0 fully saturated rings. The van der Waals surface area contributed by atoms with Crippen LogP contribution in [0.25, 0.3) is 0 Å². The Morgan fingerprint density at radius 3 is 2.29 bits per heavy atom. The first kappa shape index (κ1) is 10.1. The summed E-state index contributed by atoms with van der Waals surface area (Å²) >= 11 is 0. The molecule has 0 saturated heterocycles. The molecule has 0 unspecified atom stereocenters. The average molecular weight is 105 g/mol. The molecule has 32 valence electrons. The van der Waals surface area contributed by atoms with E-state index >= 15 is 0 Å². The summed E-state index contributed by atoms with van der Waals surface area (Å²) in [6, 6.07) is 1.59. The van der Waals surface area contributed by atoms with Gasteiger partial charge < -0.3 is 5.11 Å². The third-order valence-electron chi connectivity index (χ3n) is 0.268. The number of hydrogen-bond acceptors (Lipinski definition) is 2. The minimum Gasteiger partial charge on any atom is -0.875 e. The summed E-state index contributed by atoms with van der Waals surface area (Å²) < 4.78 is 0. The summed E-state index contributed by atoms with van der Waals surface area (Å²) in [4.78, 5) is 0. The molecule has 0 rings (SSSR count). The van der Waals surface area contributed by atoms with Crippen LogP contribution in [0.15, 0.2) is 11.8 Å². The molecule has 0 aromatic rings. The summed E-state index contributed by atoms with van der Waals surface area (Å²) in [6.07, 6.45) is 0.958. The molecule has 2 nitrogen and oxygen atoms in total. The summed E-state index contributed by atoms with van der Waals surface area (Å²) in [5, 5.41) is 17.5. The van der Waals surface area contributed by atoms with Crippen molar-refractivity contribution in [3.05, 3.63) is 11.8 Å². The SMILES string of the molecule is C/C([O-])=C/C#N.[Na+]. The zero-order chi connectivity index (χ0) is 4.99. The monoisotopic (exact) mass is 105 g/mol. The van der Waals surface area contributed by atoms with Gasteiger partial charge in [-0.2, -0.15) is 5.26 Å². The van der Waals surface area contributed by atoms with Crippen molar-refractivity contribution in [1.82, 2.24) is 0 Å². The van der Waals surface area contributed by atoms with Gasteiger partial charge in [-0.15, -0.1) is 5.76 Å². The van der Waals surface area contributed by atoms with Gasteiger partial charge in [0.15, 0.2) is 0 Å². The van der Waals surface area contributed by atoms with Crippen LogP contribution in [0.2, 0.25) is 0 Å². The van der Waals surface area contributed by atoms with Crippen LogP contribution < -0.4 is 34.7 Å². The Labute approximate surface area is 64.7 Å². The molecule has 0 aromatic heterocycles. The standard InChI is InChI=1S/C4H5NO.Na/c1-4(6)2-3-5;/h2,6H,1H3;/q;+1/p-1/b4-2-;. The van der Waals surface area contributed by atoms with Crippen LogP contribution in [0.5, 0.6) is 0 Å². The van der Waals surface area contributed by atoms with Crippen molar-refractivity contribution < 1.29 is 34.7 Å². The molecule has 0 radical (unpaired) electrons. The van der Waals surface area contributed by atoms with E-state index in [0.29, 0.717) is 0 Å². The molecule has 0 N–H and O–H groups in total. The molecule has 7 heavy (non-hydrogen) atoms. The van der Waals surface area contributed by atoms with Gasteiger partial charge in [-0.25, -0.2) is 0 Å². The van der Waals surface area contributed by atoms with E-state index in [9.17, 15) is 5.11 Å². The second-order valence-electron chi connectivity index (χ2n) is 0.884. The maximum absolute atomic E-state index is 9.77. The van der Waals surface area contributed by atoms with Gasteiger partial charge in [-0.3, -0.25) is 0 Å². The van der Waals surface area contributed by atoms with Gasteiger partial charge >= 0.3 is 29.6 Å². The van der Waals surface area contributed by atoms with E-state index in [-0.39, 0.29) is 35.3 Å². The number of rotatable bonds is 0. The van der Waals surface area contributed by atoms with Gasteiger partial charge in [0.2, 0.25) is 0 Å². The van der Waals surface area contributed by atoms with Gasteiger partial charge in [0.25, 0.3) is 0 Å². The molecule has 0 bridgehead atoms. The van der Waals surface area contributed by atoms with Gasteiger partial charge in [-0.1, -0.05) is 6.92 Å². The molecule has 0 aliphatic carbocycles. The van der Waals surface area contributed by atoms with Crippen molar-refractivity contribution in [3.8, 4) is 6.07 Å². The molecule has 0 spiro atoms. The van der Waals surface area contributed by atoms with Crippen LogP contribution in [0.4, 0.5) is 0 Å². The quantitative estimate of drug-likeness (QED) is 0.185. The third kappa shape index (κ3) is 10.7. The fraction of sp³-hybridized carbons (Fsp3) is 0.250. The first-order valence-electron chi connectivity index (χ1n) is 1.51. The van der Waals surface area contributed by atoms with Crippen LogP contribution in [0.1, 0.15) is 6.92 Å². The molecule has 0 atom stereocenters. The van der Waals surface area contributed by atoms with Crippen LogP contribution in [-0.4, -0.2) is 0 Å². The van der Waals surface area contributed by atoms with Crippen molar-refractivity contribution in [2.45, 2.75) is 6.92 Å². The zero-order valence-corrected chi connectivity index (χ0v) is 6.43. The van der Waals surface area contributed by atoms with Crippen LogP contribution in [0, 0.1) is 11.3 Å². The second-order valence-corrected chi connectivity index (χ2v) is 0.884. The van der Waals surface area contributed by atoms with E-state index in [1.807, 2.05) is 0 Å². The Morgan fingerprint density at radius 1 is 1.86 bits per heavy atom. The van der Waals surface area contributed by atoms with Crippen molar-refractivity contribution in [2.75, 3.05) is 0 Å². The topological polar surface area (TPSA) is 46.8 Å². The minimum atomic E-state index is -0.197. The Bertz CT molecular complexity index is 98.7. The normalized spacial score (nSPS) is 8.86. The summed E-state index contributed by atoms with van der Waals surface area (Å²) in [7, 11) is 0. The molecule has 0 aliphatic rings. The molecule has 0 amide bonds. The minimum absolute atomic E-state index is 0. The van der Waals surface area contributed by atoms with Crippen molar-refractivity contribution >= 4 is 0 Å². The van der Waals surface area contributed by atoms with Gasteiger partial charge in [0.05, 0.1) is 6.07 Å². The predicted octanol–water partition coefficient (Wildman–Crippen LogP) is -3.22. The van der Waals surface area contributed by atoms with E-state index in [1.165, 1.54) is 6.92 Å². The Morgan fingerprint density at radius 2 is 2.29 bits per heavy atom. The van der Waals surface area contributed by atoms with Gasteiger partial charge in [0, 0.05) is 6.08 Å². The maximum Gasteiger partial charge on any atom is 1.00 e. The maximum atomic E-state index is 9.77. The van der Waals surface area contributed by atoms with Crippen LogP contribution >= 0.6 is 0 Å². The summed E-state index contributed by atoms with van der Waals surface area (Å²) in [6.45, 7) is 1.34.